The van der Waals surface area contributed by atoms with Crippen molar-refractivity contribution in [3.05, 3.63) is 0 Å². The SMILES string of the molecule is CCCCCCCCC1CCC1CNCCC. The van der Waals surface area contributed by atoms with Crippen molar-refractivity contribution in [1.82, 2.24) is 5.32 Å². The van der Waals surface area contributed by atoms with E-state index in [1.807, 2.05) is 0 Å². The van der Waals surface area contributed by atoms with E-state index >= 15 is 0 Å². The van der Waals surface area contributed by atoms with Crippen LogP contribution in [0.15, 0.2) is 0 Å². The second-order valence-corrected chi connectivity index (χ2v) is 5.86. The summed E-state index contributed by atoms with van der Waals surface area (Å²) in [6.45, 7) is 7.04. The maximum atomic E-state index is 3.59. The summed E-state index contributed by atoms with van der Waals surface area (Å²) in [6.07, 6.45) is 14.5. The molecule has 0 radical (unpaired) electrons. The van der Waals surface area contributed by atoms with Crippen LogP contribution in [-0.2, 0) is 0 Å². The van der Waals surface area contributed by atoms with Gasteiger partial charge in [-0.2, -0.15) is 0 Å². The topological polar surface area (TPSA) is 12.0 Å². The van der Waals surface area contributed by atoms with Gasteiger partial charge in [0.2, 0.25) is 0 Å². The van der Waals surface area contributed by atoms with Crippen LogP contribution in [0, 0.1) is 11.8 Å². The molecular weight excluding hydrogens is 206 g/mol. The van der Waals surface area contributed by atoms with Crippen molar-refractivity contribution in [2.75, 3.05) is 13.1 Å². The minimum absolute atomic E-state index is 1.01. The standard InChI is InChI=1S/C16H33N/c1-3-5-6-7-8-9-10-15-11-12-16(15)14-17-13-4-2/h15-17H,3-14H2,1-2H3. The summed E-state index contributed by atoms with van der Waals surface area (Å²) in [4.78, 5) is 0. The molecule has 1 rings (SSSR count). The van der Waals surface area contributed by atoms with Crippen molar-refractivity contribution in [3.63, 3.8) is 0 Å². The summed E-state index contributed by atoms with van der Waals surface area (Å²) >= 11 is 0. The maximum Gasteiger partial charge on any atom is -0.00179 e. The number of unbranched alkanes of at least 4 members (excludes halogenated alkanes) is 5. The smallest absolute Gasteiger partial charge is 0.00179 e. The first kappa shape index (κ1) is 15.0. The Kier molecular flexibility index (Phi) is 8.78. The third kappa shape index (κ3) is 6.45. The summed E-state index contributed by atoms with van der Waals surface area (Å²) in [5, 5.41) is 3.59. The second kappa shape index (κ2) is 9.94. The second-order valence-electron chi connectivity index (χ2n) is 5.86. The largest absolute Gasteiger partial charge is 0.316 e. The molecule has 1 aliphatic rings. The number of hydrogen-bond donors (Lipinski definition) is 1. The predicted octanol–water partition coefficient (Wildman–Crippen LogP) is 4.76. The van der Waals surface area contributed by atoms with Crippen molar-refractivity contribution in [2.45, 2.75) is 78.1 Å². The lowest BCUT2D eigenvalue weighted by Gasteiger charge is -2.37. The Hall–Kier alpha value is -0.0400. The molecule has 0 aromatic heterocycles. The summed E-state index contributed by atoms with van der Waals surface area (Å²) < 4.78 is 0. The zero-order chi connectivity index (χ0) is 12.3. The molecule has 2 atom stereocenters. The van der Waals surface area contributed by atoms with Gasteiger partial charge < -0.3 is 5.32 Å². The molecule has 1 heteroatoms. The molecule has 0 bridgehead atoms. The van der Waals surface area contributed by atoms with Gasteiger partial charge in [-0.3, -0.25) is 0 Å². The van der Waals surface area contributed by atoms with Gasteiger partial charge in [-0.15, -0.1) is 0 Å². The predicted molar refractivity (Wildman–Crippen MR) is 77.4 cm³/mol. The average molecular weight is 239 g/mol. The van der Waals surface area contributed by atoms with Crippen LogP contribution in [-0.4, -0.2) is 13.1 Å². The molecule has 1 saturated carbocycles. The molecule has 2 unspecified atom stereocenters. The van der Waals surface area contributed by atoms with Gasteiger partial charge in [0.15, 0.2) is 0 Å². The molecular formula is C16H33N. The van der Waals surface area contributed by atoms with Gasteiger partial charge in [0.05, 0.1) is 0 Å². The van der Waals surface area contributed by atoms with E-state index in [4.69, 9.17) is 0 Å². The van der Waals surface area contributed by atoms with E-state index in [1.165, 1.54) is 77.3 Å². The van der Waals surface area contributed by atoms with Crippen molar-refractivity contribution >= 4 is 0 Å². The lowest BCUT2D eigenvalue weighted by Crippen LogP contribution is -2.35. The third-order valence-corrected chi connectivity index (χ3v) is 4.34. The molecule has 1 N–H and O–H groups in total. The summed E-state index contributed by atoms with van der Waals surface area (Å²) in [5.41, 5.74) is 0. The van der Waals surface area contributed by atoms with Crippen LogP contribution in [0.5, 0.6) is 0 Å². The average Bonchev–Trinajstić information content (AvgIpc) is 2.32. The van der Waals surface area contributed by atoms with Crippen LogP contribution in [0.25, 0.3) is 0 Å². The molecule has 0 aromatic carbocycles. The number of nitrogens with one attached hydrogen (secondary N) is 1. The van der Waals surface area contributed by atoms with Gasteiger partial charge in [-0.1, -0.05) is 58.8 Å². The lowest BCUT2D eigenvalue weighted by atomic mass is 9.71. The molecule has 0 heterocycles. The van der Waals surface area contributed by atoms with Gasteiger partial charge in [-0.25, -0.2) is 0 Å². The fourth-order valence-corrected chi connectivity index (χ4v) is 2.94. The molecule has 1 fully saturated rings. The van der Waals surface area contributed by atoms with Crippen molar-refractivity contribution in [1.29, 1.82) is 0 Å². The third-order valence-electron chi connectivity index (χ3n) is 4.34. The summed E-state index contributed by atoms with van der Waals surface area (Å²) in [7, 11) is 0. The fraction of sp³-hybridized carbons (Fsp3) is 1.00. The zero-order valence-corrected chi connectivity index (χ0v) is 12.1. The highest BCUT2D eigenvalue weighted by Crippen LogP contribution is 2.37. The molecule has 0 aromatic rings. The Morgan fingerprint density at radius 1 is 0.824 bits per heavy atom. The molecule has 1 aliphatic carbocycles. The van der Waals surface area contributed by atoms with E-state index in [0.29, 0.717) is 0 Å². The first-order valence-electron chi connectivity index (χ1n) is 8.09. The van der Waals surface area contributed by atoms with Crippen molar-refractivity contribution in [3.8, 4) is 0 Å². The quantitative estimate of drug-likeness (QED) is 0.512. The highest BCUT2D eigenvalue weighted by molar-refractivity contribution is 4.82. The maximum absolute atomic E-state index is 3.59. The van der Waals surface area contributed by atoms with E-state index < -0.39 is 0 Å². The molecule has 102 valence electrons. The van der Waals surface area contributed by atoms with Gasteiger partial charge in [0, 0.05) is 0 Å². The lowest BCUT2D eigenvalue weighted by molar-refractivity contribution is 0.156. The fourth-order valence-electron chi connectivity index (χ4n) is 2.94. The molecule has 17 heavy (non-hydrogen) atoms. The zero-order valence-electron chi connectivity index (χ0n) is 12.1. The van der Waals surface area contributed by atoms with E-state index in [0.717, 1.165) is 11.8 Å². The van der Waals surface area contributed by atoms with E-state index in [-0.39, 0.29) is 0 Å². The van der Waals surface area contributed by atoms with E-state index in [1.54, 1.807) is 0 Å². The molecule has 0 spiro atoms. The van der Waals surface area contributed by atoms with Crippen LogP contribution in [0.3, 0.4) is 0 Å². The minimum Gasteiger partial charge on any atom is -0.316 e. The number of hydrogen-bond acceptors (Lipinski definition) is 1. The van der Waals surface area contributed by atoms with Crippen LogP contribution in [0.2, 0.25) is 0 Å². The van der Waals surface area contributed by atoms with Crippen molar-refractivity contribution in [2.24, 2.45) is 11.8 Å². The summed E-state index contributed by atoms with van der Waals surface area (Å²) in [6, 6.07) is 0. The normalized spacial score (nSPS) is 23.6. The Morgan fingerprint density at radius 2 is 1.53 bits per heavy atom. The van der Waals surface area contributed by atoms with Gasteiger partial charge >= 0.3 is 0 Å². The Bertz CT molecular complexity index is 167. The first-order chi connectivity index (χ1) is 8.38. The van der Waals surface area contributed by atoms with Crippen LogP contribution >= 0.6 is 0 Å². The highest BCUT2D eigenvalue weighted by atomic mass is 14.9. The van der Waals surface area contributed by atoms with Gasteiger partial charge in [0.1, 0.15) is 0 Å². The molecule has 1 nitrogen and oxygen atoms in total. The number of rotatable bonds is 11. The van der Waals surface area contributed by atoms with Gasteiger partial charge in [-0.05, 0) is 44.2 Å². The van der Waals surface area contributed by atoms with E-state index in [2.05, 4.69) is 19.2 Å². The Labute approximate surface area is 109 Å². The van der Waals surface area contributed by atoms with Crippen LogP contribution in [0.4, 0.5) is 0 Å². The highest BCUT2D eigenvalue weighted by Gasteiger charge is 2.29. The van der Waals surface area contributed by atoms with Crippen LogP contribution < -0.4 is 5.32 Å². The van der Waals surface area contributed by atoms with Crippen LogP contribution in [0.1, 0.15) is 78.1 Å². The van der Waals surface area contributed by atoms with Gasteiger partial charge in [0.25, 0.3) is 0 Å². The summed E-state index contributed by atoms with van der Waals surface area (Å²) in [5.74, 6) is 2.07. The first-order valence-corrected chi connectivity index (χ1v) is 8.09. The minimum atomic E-state index is 1.01. The molecule has 0 saturated heterocycles. The van der Waals surface area contributed by atoms with Crippen molar-refractivity contribution < 1.29 is 0 Å². The monoisotopic (exact) mass is 239 g/mol. The molecule has 0 aliphatic heterocycles. The molecule has 0 amide bonds. The Morgan fingerprint density at radius 3 is 2.18 bits per heavy atom. The Balaban J connectivity index is 1.89. The van der Waals surface area contributed by atoms with E-state index in [9.17, 15) is 0 Å².